The van der Waals surface area contributed by atoms with Crippen LogP contribution in [0.2, 0.25) is 0 Å². The molecule has 0 radical (unpaired) electrons. The maximum atomic E-state index is 13.7. The maximum absolute atomic E-state index is 13.7. The van der Waals surface area contributed by atoms with Gasteiger partial charge in [-0.1, -0.05) is 0 Å². The molecule has 4 rings (SSSR count). The lowest BCUT2D eigenvalue weighted by Gasteiger charge is -2.46. The highest BCUT2D eigenvalue weighted by molar-refractivity contribution is 6.06. The number of hydrogen-bond acceptors (Lipinski definition) is 7. The van der Waals surface area contributed by atoms with Crippen LogP contribution in [0.3, 0.4) is 0 Å². The van der Waals surface area contributed by atoms with E-state index in [4.69, 9.17) is 10.4 Å². The van der Waals surface area contributed by atoms with Gasteiger partial charge in [-0.25, -0.2) is 4.98 Å². The van der Waals surface area contributed by atoms with E-state index >= 15 is 0 Å². The van der Waals surface area contributed by atoms with E-state index < -0.39 is 0 Å². The minimum Gasteiger partial charge on any atom is -0.382 e. The number of hydrogen-bond donors (Lipinski definition) is 5. The molecule has 2 aromatic rings. The van der Waals surface area contributed by atoms with Gasteiger partial charge in [0.15, 0.2) is 0 Å². The molecule has 2 saturated heterocycles. The van der Waals surface area contributed by atoms with Gasteiger partial charge in [0.1, 0.15) is 5.82 Å². The van der Waals surface area contributed by atoms with Crippen molar-refractivity contribution in [3.8, 4) is 11.1 Å². The molecule has 200 valence electrons. The largest absolute Gasteiger partial charge is 0.382 e. The molecule has 1 amide bonds. The summed E-state index contributed by atoms with van der Waals surface area (Å²) in [5.41, 5.74) is 3.60. The summed E-state index contributed by atoms with van der Waals surface area (Å²) in [6, 6.07) is 8.25. The summed E-state index contributed by atoms with van der Waals surface area (Å²) in [5, 5.41) is 21.9. The summed E-state index contributed by atoms with van der Waals surface area (Å²) in [4.78, 5) is 20.7. The quantitative estimate of drug-likeness (QED) is 0.364. The van der Waals surface area contributed by atoms with Crippen LogP contribution in [0.1, 0.15) is 70.3 Å². The van der Waals surface area contributed by atoms with Crippen molar-refractivity contribution in [3.05, 3.63) is 41.6 Å². The number of nitrogens with zero attached hydrogens (tertiary/aromatic N) is 2. The van der Waals surface area contributed by atoms with Crippen molar-refractivity contribution in [3.63, 3.8) is 0 Å². The Labute approximate surface area is 221 Å². The van der Waals surface area contributed by atoms with E-state index in [1.165, 1.54) is 6.21 Å². The van der Waals surface area contributed by atoms with Gasteiger partial charge in [-0.3, -0.25) is 4.79 Å². The van der Waals surface area contributed by atoms with E-state index in [1.807, 2.05) is 18.3 Å². The number of aromatic nitrogens is 1. The molecule has 37 heavy (non-hydrogen) atoms. The minimum absolute atomic E-state index is 0.0440. The summed E-state index contributed by atoms with van der Waals surface area (Å²) >= 11 is 0. The molecule has 0 spiro atoms. The van der Waals surface area contributed by atoms with Crippen LogP contribution in [-0.2, 0) is 0 Å². The number of anilines is 2. The molecule has 3 heterocycles. The number of piperidine rings is 1. The molecule has 5 N–H and O–H groups in total. The molecule has 1 aromatic carbocycles. The van der Waals surface area contributed by atoms with Crippen molar-refractivity contribution in [2.45, 2.75) is 77.5 Å². The third-order valence-electron chi connectivity index (χ3n) is 7.06. The van der Waals surface area contributed by atoms with Crippen LogP contribution in [0.15, 0.2) is 30.5 Å². The van der Waals surface area contributed by atoms with Crippen molar-refractivity contribution >= 4 is 23.6 Å². The molecule has 1 aromatic heterocycles. The normalized spacial score (nSPS) is 19.5. The van der Waals surface area contributed by atoms with Crippen LogP contribution in [-0.4, -0.2) is 66.4 Å². The molecular weight excluding hydrogens is 462 g/mol. The Kier molecular flexibility index (Phi) is 7.90. The Morgan fingerprint density at radius 2 is 1.78 bits per heavy atom. The maximum Gasteiger partial charge on any atom is 0.252 e. The molecule has 2 fully saturated rings. The van der Waals surface area contributed by atoms with Gasteiger partial charge in [-0.15, -0.1) is 0 Å². The minimum atomic E-state index is -0.143. The molecular formula is C29H43N7O. The summed E-state index contributed by atoms with van der Waals surface area (Å²) < 4.78 is 0. The van der Waals surface area contributed by atoms with Gasteiger partial charge in [0.25, 0.3) is 5.91 Å². The summed E-state index contributed by atoms with van der Waals surface area (Å²) in [7, 11) is 0. The SMILES string of the molecule is CC(C)Nc1cc(-c2ccc(N3CCNCC3)nc2)cc(C(=O)NC2CC(C)(C)NC(C)(C)C2)c1C=N. The topological polar surface area (TPSA) is 105 Å². The van der Waals surface area contributed by atoms with Crippen LogP contribution >= 0.6 is 0 Å². The van der Waals surface area contributed by atoms with Crippen molar-refractivity contribution < 1.29 is 4.79 Å². The second-order valence-corrected chi connectivity index (χ2v) is 12.0. The first-order valence-electron chi connectivity index (χ1n) is 13.4. The Morgan fingerprint density at radius 1 is 1.11 bits per heavy atom. The molecule has 0 unspecified atom stereocenters. The number of benzene rings is 1. The lowest BCUT2D eigenvalue weighted by atomic mass is 9.79. The number of carbonyl (C=O) groups is 1. The van der Waals surface area contributed by atoms with Crippen molar-refractivity contribution in [2.75, 3.05) is 36.4 Å². The van der Waals surface area contributed by atoms with Gasteiger partial charge in [0, 0.05) is 78.6 Å². The Balaban J connectivity index is 1.66. The van der Waals surface area contributed by atoms with E-state index in [9.17, 15) is 4.79 Å². The lowest BCUT2D eigenvalue weighted by Crippen LogP contribution is -2.62. The van der Waals surface area contributed by atoms with Crippen molar-refractivity contribution in [2.24, 2.45) is 0 Å². The highest BCUT2D eigenvalue weighted by Gasteiger charge is 2.38. The Hall–Kier alpha value is -2.97. The highest BCUT2D eigenvalue weighted by Crippen LogP contribution is 2.32. The molecule has 0 aliphatic carbocycles. The molecule has 8 nitrogen and oxygen atoms in total. The van der Waals surface area contributed by atoms with E-state index in [1.54, 1.807) is 0 Å². The Morgan fingerprint density at radius 3 is 2.35 bits per heavy atom. The van der Waals surface area contributed by atoms with Crippen LogP contribution < -0.4 is 26.2 Å². The van der Waals surface area contributed by atoms with Gasteiger partial charge < -0.3 is 31.6 Å². The van der Waals surface area contributed by atoms with Crippen LogP contribution in [0.5, 0.6) is 0 Å². The highest BCUT2D eigenvalue weighted by atomic mass is 16.1. The zero-order chi connectivity index (χ0) is 26.8. The number of piperazine rings is 1. The first kappa shape index (κ1) is 27.1. The van der Waals surface area contributed by atoms with Gasteiger partial charge in [-0.2, -0.15) is 0 Å². The van der Waals surface area contributed by atoms with Gasteiger partial charge >= 0.3 is 0 Å². The zero-order valence-corrected chi connectivity index (χ0v) is 23.2. The lowest BCUT2D eigenvalue weighted by molar-refractivity contribution is 0.0873. The zero-order valence-electron chi connectivity index (χ0n) is 23.2. The first-order valence-corrected chi connectivity index (χ1v) is 13.4. The molecule has 2 aliphatic heterocycles. The smallest absolute Gasteiger partial charge is 0.252 e. The molecule has 0 bridgehead atoms. The number of nitrogens with one attached hydrogen (secondary N) is 5. The number of rotatable bonds is 7. The fraction of sp³-hybridized carbons (Fsp3) is 0.552. The molecule has 2 aliphatic rings. The summed E-state index contributed by atoms with van der Waals surface area (Å²) in [5.74, 6) is 0.826. The van der Waals surface area contributed by atoms with E-state index in [0.717, 1.165) is 61.7 Å². The monoisotopic (exact) mass is 505 g/mol. The third kappa shape index (κ3) is 6.67. The van der Waals surface area contributed by atoms with Crippen molar-refractivity contribution in [1.82, 2.24) is 20.9 Å². The molecule has 0 saturated carbocycles. The predicted octanol–water partition coefficient (Wildman–Crippen LogP) is 4.02. The summed E-state index contributed by atoms with van der Waals surface area (Å²) in [6.07, 6.45) is 4.85. The predicted molar refractivity (Wildman–Crippen MR) is 153 cm³/mol. The van der Waals surface area contributed by atoms with Crippen LogP contribution in [0, 0.1) is 5.41 Å². The van der Waals surface area contributed by atoms with E-state index in [2.05, 4.69) is 79.8 Å². The third-order valence-corrected chi connectivity index (χ3v) is 7.06. The van der Waals surface area contributed by atoms with Crippen LogP contribution in [0.25, 0.3) is 11.1 Å². The second kappa shape index (κ2) is 10.8. The molecule has 0 atom stereocenters. The summed E-state index contributed by atoms with van der Waals surface area (Å²) in [6.45, 7) is 16.6. The first-order chi connectivity index (χ1) is 17.5. The van der Waals surface area contributed by atoms with E-state index in [0.29, 0.717) is 11.1 Å². The van der Waals surface area contributed by atoms with Crippen molar-refractivity contribution in [1.29, 1.82) is 5.41 Å². The van der Waals surface area contributed by atoms with Gasteiger partial charge in [0.05, 0.1) is 5.56 Å². The standard InChI is InChI=1S/C29H43N7O/c1-19(2)33-25-14-21(20-7-8-26(32-18-20)36-11-9-31-10-12-36)13-23(24(25)17-30)27(37)34-22-15-28(3,4)35-29(5,6)16-22/h7-8,13-14,17-19,22,30-31,33,35H,9-12,15-16H2,1-6H3,(H,34,37). The van der Waals surface area contributed by atoms with E-state index in [-0.39, 0.29) is 29.1 Å². The number of carbonyl (C=O) groups excluding carboxylic acids is 1. The Bertz CT molecular complexity index is 1100. The number of amides is 1. The fourth-order valence-corrected chi connectivity index (χ4v) is 5.92. The van der Waals surface area contributed by atoms with Gasteiger partial charge in [-0.05, 0) is 84.2 Å². The fourth-order valence-electron chi connectivity index (χ4n) is 5.92. The average molecular weight is 506 g/mol. The molecule has 8 heteroatoms. The second-order valence-electron chi connectivity index (χ2n) is 12.0. The average Bonchev–Trinajstić information content (AvgIpc) is 2.82. The number of pyridine rings is 1. The van der Waals surface area contributed by atoms with Crippen LogP contribution in [0.4, 0.5) is 11.5 Å². The van der Waals surface area contributed by atoms with Gasteiger partial charge in [0.2, 0.25) is 0 Å².